The summed E-state index contributed by atoms with van der Waals surface area (Å²) in [5.74, 6) is 0. The first kappa shape index (κ1) is 11.1. The number of nitrogens with one attached hydrogen (secondary N) is 1. The Balaban J connectivity index is 2.17. The molecule has 4 heteroatoms. The summed E-state index contributed by atoms with van der Waals surface area (Å²) in [4.78, 5) is 0. The molecule has 2 aromatic rings. The van der Waals surface area contributed by atoms with Crippen LogP contribution in [0.1, 0.15) is 13.3 Å². The summed E-state index contributed by atoms with van der Waals surface area (Å²) >= 11 is 5.89. The van der Waals surface area contributed by atoms with Crippen LogP contribution in [0.3, 0.4) is 0 Å². The van der Waals surface area contributed by atoms with Crippen molar-refractivity contribution in [1.82, 2.24) is 10.2 Å². The van der Waals surface area contributed by atoms with E-state index < -0.39 is 0 Å². The number of fused-ring (bicyclic) bond motifs is 1. The van der Waals surface area contributed by atoms with Crippen LogP contribution in [0.25, 0.3) is 10.9 Å². The molecule has 3 nitrogen and oxygen atoms in total. The molecule has 1 atom stereocenters. The molecule has 0 amide bonds. The van der Waals surface area contributed by atoms with Gasteiger partial charge >= 0.3 is 0 Å². The lowest BCUT2D eigenvalue weighted by atomic mass is 10.2. The van der Waals surface area contributed by atoms with Crippen LogP contribution in [0, 0.1) is 0 Å². The smallest absolute Gasteiger partial charge is 0.0950 e. The minimum Gasteiger partial charge on any atom is -0.383 e. The van der Waals surface area contributed by atoms with Crippen LogP contribution in [0.4, 0.5) is 5.69 Å². The highest BCUT2D eigenvalue weighted by molar-refractivity contribution is 6.20. The van der Waals surface area contributed by atoms with Crippen LogP contribution in [0.2, 0.25) is 0 Å². The average Bonchev–Trinajstić information content (AvgIpc) is 2.29. The molecule has 1 heterocycles. The van der Waals surface area contributed by atoms with E-state index in [0.717, 1.165) is 29.6 Å². The van der Waals surface area contributed by atoms with E-state index in [4.69, 9.17) is 11.6 Å². The Bertz CT molecular complexity index is 465. The molecular formula is C12H14ClN3. The summed E-state index contributed by atoms with van der Waals surface area (Å²) in [5, 5.41) is 12.7. The number of alkyl halides is 1. The number of aromatic nitrogens is 2. The molecule has 16 heavy (non-hydrogen) atoms. The van der Waals surface area contributed by atoms with E-state index >= 15 is 0 Å². The zero-order valence-electron chi connectivity index (χ0n) is 9.15. The van der Waals surface area contributed by atoms with Crippen molar-refractivity contribution in [2.75, 3.05) is 11.9 Å². The summed E-state index contributed by atoms with van der Waals surface area (Å²) in [6.07, 6.45) is 2.68. The molecule has 0 bridgehead atoms. The quantitative estimate of drug-likeness (QED) is 0.828. The Labute approximate surface area is 99.8 Å². The zero-order valence-corrected chi connectivity index (χ0v) is 9.91. The van der Waals surface area contributed by atoms with Crippen LogP contribution in [-0.4, -0.2) is 22.1 Å². The summed E-state index contributed by atoms with van der Waals surface area (Å²) in [7, 11) is 0. The lowest BCUT2D eigenvalue weighted by molar-refractivity contribution is 0.842. The van der Waals surface area contributed by atoms with Gasteiger partial charge in [0.25, 0.3) is 0 Å². The van der Waals surface area contributed by atoms with E-state index in [0.29, 0.717) is 0 Å². The number of benzene rings is 1. The standard InChI is InChI=1S/C12H14ClN3/c1-9(13)6-7-14-12-8-15-16-11-5-3-2-4-10(11)12/h2-5,8-9H,6-7H2,1H3,(H,14,16). The van der Waals surface area contributed by atoms with Gasteiger partial charge in [0.1, 0.15) is 0 Å². The second-order valence-electron chi connectivity index (χ2n) is 3.77. The Morgan fingerprint density at radius 2 is 2.19 bits per heavy atom. The van der Waals surface area contributed by atoms with Crippen molar-refractivity contribution >= 4 is 28.2 Å². The van der Waals surface area contributed by atoms with Gasteiger partial charge in [0.05, 0.1) is 17.4 Å². The van der Waals surface area contributed by atoms with Crippen molar-refractivity contribution < 1.29 is 0 Å². The van der Waals surface area contributed by atoms with Gasteiger partial charge in [0.15, 0.2) is 0 Å². The van der Waals surface area contributed by atoms with Crippen LogP contribution in [0.15, 0.2) is 30.5 Å². The average molecular weight is 236 g/mol. The lowest BCUT2D eigenvalue weighted by Gasteiger charge is -2.08. The van der Waals surface area contributed by atoms with Crippen molar-refractivity contribution in [3.8, 4) is 0 Å². The van der Waals surface area contributed by atoms with Gasteiger partial charge in [-0.1, -0.05) is 18.2 Å². The van der Waals surface area contributed by atoms with Crippen LogP contribution >= 0.6 is 11.6 Å². The van der Waals surface area contributed by atoms with Crippen molar-refractivity contribution in [3.63, 3.8) is 0 Å². The fourth-order valence-electron chi connectivity index (χ4n) is 1.55. The third kappa shape index (κ3) is 2.61. The molecule has 1 aromatic heterocycles. The molecule has 0 aliphatic heterocycles. The largest absolute Gasteiger partial charge is 0.383 e. The molecule has 84 valence electrons. The molecule has 0 fully saturated rings. The SMILES string of the molecule is CC(Cl)CCNc1cnnc2ccccc12. The van der Waals surface area contributed by atoms with Gasteiger partial charge in [-0.25, -0.2) is 0 Å². The molecule has 0 saturated heterocycles. The van der Waals surface area contributed by atoms with Gasteiger partial charge in [-0.05, 0) is 19.4 Å². The highest BCUT2D eigenvalue weighted by Gasteiger charge is 2.02. The van der Waals surface area contributed by atoms with Gasteiger partial charge in [-0.15, -0.1) is 11.6 Å². The van der Waals surface area contributed by atoms with Gasteiger partial charge in [-0.2, -0.15) is 10.2 Å². The van der Waals surface area contributed by atoms with E-state index in [9.17, 15) is 0 Å². The predicted octanol–water partition coefficient (Wildman–Crippen LogP) is 3.06. The van der Waals surface area contributed by atoms with Crippen molar-refractivity contribution in [1.29, 1.82) is 0 Å². The number of halogens is 1. The van der Waals surface area contributed by atoms with Crippen molar-refractivity contribution in [2.45, 2.75) is 18.7 Å². The summed E-state index contributed by atoms with van der Waals surface area (Å²) < 4.78 is 0. The minimum absolute atomic E-state index is 0.188. The summed E-state index contributed by atoms with van der Waals surface area (Å²) in [6, 6.07) is 7.95. The van der Waals surface area contributed by atoms with Crippen molar-refractivity contribution in [3.05, 3.63) is 30.5 Å². The molecule has 1 unspecified atom stereocenters. The first-order chi connectivity index (χ1) is 7.77. The highest BCUT2D eigenvalue weighted by atomic mass is 35.5. The summed E-state index contributed by atoms with van der Waals surface area (Å²) in [5.41, 5.74) is 1.93. The normalized spacial score (nSPS) is 12.6. The maximum atomic E-state index is 5.89. The fraction of sp³-hybridized carbons (Fsp3) is 0.333. The Kier molecular flexibility index (Phi) is 3.57. The monoisotopic (exact) mass is 235 g/mol. The Morgan fingerprint density at radius 3 is 3.00 bits per heavy atom. The maximum Gasteiger partial charge on any atom is 0.0950 e. The van der Waals surface area contributed by atoms with Crippen molar-refractivity contribution in [2.24, 2.45) is 0 Å². The molecule has 0 aliphatic rings. The third-order valence-electron chi connectivity index (χ3n) is 2.40. The molecule has 0 saturated carbocycles. The van der Waals surface area contributed by atoms with Crippen LogP contribution < -0.4 is 5.32 Å². The minimum atomic E-state index is 0.188. The number of nitrogens with zero attached hydrogens (tertiary/aromatic N) is 2. The highest BCUT2D eigenvalue weighted by Crippen LogP contribution is 2.19. The first-order valence-corrected chi connectivity index (χ1v) is 5.79. The third-order valence-corrected chi connectivity index (χ3v) is 2.62. The van der Waals surface area contributed by atoms with E-state index in [2.05, 4.69) is 15.5 Å². The second-order valence-corrected chi connectivity index (χ2v) is 4.52. The van der Waals surface area contributed by atoms with Gasteiger partial charge in [0.2, 0.25) is 0 Å². The van der Waals surface area contributed by atoms with Crippen LogP contribution in [-0.2, 0) is 0 Å². The summed E-state index contributed by atoms with van der Waals surface area (Å²) in [6.45, 7) is 2.84. The van der Waals surface area contributed by atoms with Crippen LogP contribution in [0.5, 0.6) is 0 Å². The van der Waals surface area contributed by atoms with E-state index in [1.54, 1.807) is 6.20 Å². The molecule has 0 spiro atoms. The maximum absolute atomic E-state index is 5.89. The Morgan fingerprint density at radius 1 is 1.38 bits per heavy atom. The number of hydrogen-bond acceptors (Lipinski definition) is 3. The van der Waals surface area contributed by atoms with E-state index in [1.165, 1.54) is 0 Å². The molecular weight excluding hydrogens is 222 g/mol. The number of hydrogen-bond donors (Lipinski definition) is 1. The number of rotatable bonds is 4. The molecule has 1 N–H and O–H groups in total. The molecule has 2 rings (SSSR count). The Hall–Kier alpha value is -1.35. The predicted molar refractivity (Wildman–Crippen MR) is 68.0 cm³/mol. The van der Waals surface area contributed by atoms with E-state index in [1.807, 2.05) is 31.2 Å². The van der Waals surface area contributed by atoms with Gasteiger partial charge in [-0.3, -0.25) is 0 Å². The topological polar surface area (TPSA) is 37.8 Å². The molecule has 0 aliphatic carbocycles. The zero-order chi connectivity index (χ0) is 11.4. The van der Waals surface area contributed by atoms with E-state index in [-0.39, 0.29) is 5.38 Å². The van der Waals surface area contributed by atoms with Gasteiger partial charge < -0.3 is 5.32 Å². The second kappa shape index (κ2) is 5.12. The molecule has 0 radical (unpaired) electrons. The molecule has 1 aromatic carbocycles. The van der Waals surface area contributed by atoms with Gasteiger partial charge in [0, 0.05) is 17.3 Å². The lowest BCUT2D eigenvalue weighted by Crippen LogP contribution is -2.07. The first-order valence-electron chi connectivity index (χ1n) is 5.36. The number of anilines is 1. The fourth-order valence-corrected chi connectivity index (χ4v) is 1.66.